The molecule has 0 atom stereocenters. The van der Waals surface area contributed by atoms with E-state index in [0.717, 1.165) is 31.6 Å². The van der Waals surface area contributed by atoms with Crippen LogP contribution < -0.4 is 4.74 Å². The van der Waals surface area contributed by atoms with Crippen LogP contribution in [0.15, 0.2) is 81.7 Å². The lowest BCUT2D eigenvalue weighted by atomic mass is 10.1. The Morgan fingerprint density at radius 3 is 2.10 bits per heavy atom. The van der Waals surface area contributed by atoms with Crippen LogP contribution in [0.5, 0.6) is 11.5 Å². The summed E-state index contributed by atoms with van der Waals surface area (Å²) in [6.45, 7) is 0. The molecule has 0 fully saturated rings. The van der Waals surface area contributed by atoms with Gasteiger partial charge in [-0.15, -0.1) is 0 Å². The van der Waals surface area contributed by atoms with Gasteiger partial charge >= 0.3 is 0 Å². The molecule has 0 amide bonds. The molecule has 0 aliphatic heterocycles. The van der Waals surface area contributed by atoms with Gasteiger partial charge in [-0.05, 0) is 55.6 Å². The molecule has 0 saturated carbocycles. The van der Waals surface area contributed by atoms with Crippen molar-refractivity contribution < 1.29 is 4.74 Å². The van der Waals surface area contributed by atoms with E-state index in [1.807, 2.05) is 54.6 Å². The highest BCUT2D eigenvalue weighted by molar-refractivity contribution is 9.13. The number of para-hydroxylation sites is 1. The van der Waals surface area contributed by atoms with Gasteiger partial charge in [0.05, 0.1) is 4.47 Å². The highest BCUT2D eigenvalue weighted by Crippen LogP contribution is 2.38. The second-order valence-corrected chi connectivity index (χ2v) is 6.16. The molecule has 21 heavy (non-hydrogen) atoms. The molecule has 0 saturated heterocycles. The third-order valence-electron chi connectivity index (χ3n) is 3.11. The van der Waals surface area contributed by atoms with Gasteiger partial charge in [0, 0.05) is 10.0 Å². The molecule has 1 nitrogen and oxygen atoms in total. The Kier molecular flexibility index (Phi) is 4.42. The largest absolute Gasteiger partial charge is 0.455 e. The standard InChI is InChI=1S/C18H12Br2O/c19-15-10-6-12-17(18(15)20)21-16-11-5-4-9-14(16)13-7-2-1-3-8-13/h1-12H. The van der Waals surface area contributed by atoms with Gasteiger partial charge in [-0.2, -0.15) is 0 Å². The number of hydrogen-bond donors (Lipinski definition) is 0. The minimum absolute atomic E-state index is 0.785. The van der Waals surface area contributed by atoms with Crippen LogP contribution in [0.3, 0.4) is 0 Å². The maximum absolute atomic E-state index is 6.10. The van der Waals surface area contributed by atoms with E-state index in [1.54, 1.807) is 0 Å². The summed E-state index contributed by atoms with van der Waals surface area (Å²) in [6.07, 6.45) is 0. The van der Waals surface area contributed by atoms with Crippen LogP contribution in [0, 0.1) is 0 Å². The zero-order valence-electron chi connectivity index (χ0n) is 11.1. The summed E-state index contributed by atoms with van der Waals surface area (Å²) in [7, 11) is 0. The van der Waals surface area contributed by atoms with Crippen molar-refractivity contribution in [2.45, 2.75) is 0 Å². The van der Waals surface area contributed by atoms with Crippen molar-refractivity contribution in [3.63, 3.8) is 0 Å². The van der Waals surface area contributed by atoms with Crippen molar-refractivity contribution in [3.8, 4) is 22.6 Å². The molecule has 0 radical (unpaired) electrons. The first-order chi connectivity index (χ1) is 10.3. The Morgan fingerprint density at radius 2 is 1.29 bits per heavy atom. The van der Waals surface area contributed by atoms with Crippen LogP contribution in [-0.2, 0) is 0 Å². The molecule has 3 heteroatoms. The van der Waals surface area contributed by atoms with Crippen LogP contribution in [0.1, 0.15) is 0 Å². The monoisotopic (exact) mass is 402 g/mol. The zero-order valence-corrected chi connectivity index (χ0v) is 14.3. The second-order valence-electron chi connectivity index (χ2n) is 4.52. The van der Waals surface area contributed by atoms with Gasteiger partial charge in [0.1, 0.15) is 11.5 Å². The first kappa shape index (κ1) is 14.4. The molecule has 0 N–H and O–H groups in total. The van der Waals surface area contributed by atoms with Crippen LogP contribution in [0.25, 0.3) is 11.1 Å². The molecule has 0 bridgehead atoms. The lowest BCUT2D eigenvalue weighted by Crippen LogP contribution is -1.89. The van der Waals surface area contributed by atoms with Crippen molar-refractivity contribution >= 4 is 31.9 Å². The fraction of sp³-hybridized carbons (Fsp3) is 0. The molecule has 0 aliphatic rings. The topological polar surface area (TPSA) is 9.23 Å². The van der Waals surface area contributed by atoms with Crippen molar-refractivity contribution in [2.75, 3.05) is 0 Å². The van der Waals surface area contributed by atoms with Gasteiger partial charge in [0.15, 0.2) is 0 Å². The minimum atomic E-state index is 0.785. The summed E-state index contributed by atoms with van der Waals surface area (Å²) >= 11 is 7.04. The van der Waals surface area contributed by atoms with Crippen LogP contribution in [0.4, 0.5) is 0 Å². The van der Waals surface area contributed by atoms with E-state index >= 15 is 0 Å². The molecule has 3 rings (SSSR count). The van der Waals surface area contributed by atoms with E-state index in [1.165, 1.54) is 0 Å². The molecule has 0 aromatic heterocycles. The molecule has 0 spiro atoms. The number of rotatable bonds is 3. The van der Waals surface area contributed by atoms with Crippen molar-refractivity contribution in [1.29, 1.82) is 0 Å². The van der Waals surface area contributed by atoms with Gasteiger partial charge in [0.2, 0.25) is 0 Å². The van der Waals surface area contributed by atoms with E-state index in [-0.39, 0.29) is 0 Å². The molecule has 0 heterocycles. The lowest BCUT2D eigenvalue weighted by Gasteiger charge is -2.13. The molecule has 104 valence electrons. The van der Waals surface area contributed by atoms with E-state index < -0.39 is 0 Å². The third-order valence-corrected chi connectivity index (χ3v) is 5.12. The highest BCUT2D eigenvalue weighted by Gasteiger charge is 2.10. The van der Waals surface area contributed by atoms with Crippen molar-refractivity contribution in [2.24, 2.45) is 0 Å². The van der Waals surface area contributed by atoms with Crippen LogP contribution in [0.2, 0.25) is 0 Å². The van der Waals surface area contributed by atoms with Crippen molar-refractivity contribution in [1.82, 2.24) is 0 Å². The number of halogens is 2. The summed E-state index contributed by atoms with van der Waals surface area (Å²) < 4.78 is 7.98. The van der Waals surface area contributed by atoms with Gasteiger partial charge in [-0.25, -0.2) is 0 Å². The molecule has 3 aromatic carbocycles. The lowest BCUT2D eigenvalue weighted by molar-refractivity contribution is 0.481. The number of benzene rings is 3. The Labute approximate surface area is 140 Å². The van der Waals surface area contributed by atoms with Gasteiger partial charge in [0.25, 0.3) is 0 Å². The van der Waals surface area contributed by atoms with Crippen LogP contribution >= 0.6 is 31.9 Å². The Balaban J connectivity index is 2.02. The Hall–Kier alpha value is -1.58. The predicted molar refractivity (Wildman–Crippen MR) is 93.8 cm³/mol. The van der Waals surface area contributed by atoms with Gasteiger partial charge in [-0.1, -0.05) is 54.6 Å². The zero-order chi connectivity index (χ0) is 14.7. The van der Waals surface area contributed by atoms with Crippen LogP contribution in [-0.4, -0.2) is 0 Å². The average Bonchev–Trinajstić information content (AvgIpc) is 2.53. The first-order valence-corrected chi connectivity index (χ1v) is 8.10. The SMILES string of the molecule is Brc1cccc(Oc2ccccc2-c2ccccc2)c1Br. The number of hydrogen-bond acceptors (Lipinski definition) is 1. The number of ether oxygens (including phenoxy) is 1. The highest BCUT2D eigenvalue weighted by atomic mass is 79.9. The maximum atomic E-state index is 6.10. The Morgan fingerprint density at radius 1 is 0.619 bits per heavy atom. The summed E-state index contributed by atoms with van der Waals surface area (Å²) in [6, 6.07) is 24.1. The smallest absolute Gasteiger partial charge is 0.142 e. The normalized spacial score (nSPS) is 10.4. The summed E-state index contributed by atoms with van der Waals surface area (Å²) in [5.74, 6) is 1.62. The summed E-state index contributed by atoms with van der Waals surface area (Å²) in [5, 5.41) is 0. The van der Waals surface area contributed by atoms with Crippen molar-refractivity contribution in [3.05, 3.63) is 81.7 Å². The molecule has 0 unspecified atom stereocenters. The fourth-order valence-electron chi connectivity index (χ4n) is 2.09. The molecular weight excluding hydrogens is 392 g/mol. The minimum Gasteiger partial charge on any atom is -0.455 e. The van der Waals surface area contributed by atoms with E-state index in [9.17, 15) is 0 Å². The molecular formula is C18H12Br2O. The van der Waals surface area contributed by atoms with E-state index in [4.69, 9.17) is 4.74 Å². The van der Waals surface area contributed by atoms with Gasteiger partial charge in [-0.3, -0.25) is 0 Å². The fourth-order valence-corrected chi connectivity index (χ4v) is 2.79. The second kappa shape index (κ2) is 6.46. The average molecular weight is 404 g/mol. The molecule has 3 aromatic rings. The predicted octanol–water partition coefficient (Wildman–Crippen LogP) is 6.67. The molecule has 0 aliphatic carbocycles. The third kappa shape index (κ3) is 3.20. The van der Waals surface area contributed by atoms with Gasteiger partial charge < -0.3 is 4.74 Å². The van der Waals surface area contributed by atoms with E-state index in [0.29, 0.717) is 0 Å². The van der Waals surface area contributed by atoms with E-state index in [2.05, 4.69) is 50.1 Å². The summed E-state index contributed by atoms with van der Waals surface area (Å²) in [4.78, 5) is 0. The Bertz CT molecular complexity index is 754. The maximum Gasteiger partial charge on any atom is 0.142 e. The summed E-state index contributed by atoms with van der Waals surface area (Å²) in [5.41, 5.74) is 2.21. The quantitative estimate of drug-likeness (QED) is 0.474. The first-order valence-electron chi connectivity index (χ1n) is 6.52.